The summed E-state index contributed by atoms with van der Waals surface area (Å²) in [6, 6.07) is 3.41. The van der Waals surface area contributed by atoms with Crippen LogP contribution in [0.4, 0.5) is 19.1 Å². The van der Waals surface area contributed by atoms with Crippen LogP contribution in [-0.2, 0) is 12.6 Å². The van der Waals surface area contributed by atoms with Crippen molar-refractivity contribution in [1.82, 2.24) is 9.97 Å². The second-order valence-electron chi connectivity index (χ2n) is 3.61. The van der Waals surface area contributed by atoms with Crippen LogP contribution < -0.4 is 5.73 Å². The van der Waals surface area contributed by atoms with Gasteiger partial charge in [0.25, 0.3) is 0 Å². The summed E-state index contributed by atoms with van der Waals surface area (Å²) in [5.41, 5.74) is 5.60. The molecule has 2 rings (SSSR count). The quantitative estimate of drug-likeness (QED) is 0.835. The van der Waals surface area contributed by atoms with Crippen molar-refractivity contribution < 1.29 is 13.2 Å². The highest BCUT2D eigenvalue weighted by Gasteiger charge is 2.30. The third-order valence-electron chi connectivity index (χ3n) is 2.46. The Morgan fingerprint density at radius 2 is 1.94 bits per heavy atom. The van der Waals surface area contributed by atoms with Gasteiger partial charge in [-0.25, -0.2) is 9.97 Å². The van der Waals surface area contributed by atoms with Crippen LogP contribution in [-0.4, -0.2) is 9.97 Å². The second kappa shape index (κ2) is 3.87. The summed E-state index contributed by atoms with van der Waals surface area (Å²) < 4.78 is 37.6. The molecule has 0 radical (unpaired) electrons. The van der Waals surface area contributed by atoms with Crippen LogP contribution in [0.1, 0.15) is 18.2 Å². The zero-order valence-corrected chi connectivity index (χ0v) is 9.04. The molecular formula is C11H10F3N3. The molecule has 1 aromatic heterocycles. The van der Waals surface area contributed by atoms with Crippen LogP contribution in [0, 0.1) is 0 Å². The highest BCUT2D eigenvalue weighted by Crippen LogP contribution is 2.31. The minimum atomic E-state index is -4.37. The Labute approximate surface area is 95.5 Å². The highest BCUT2D eigenvalue weighted by molar-refractivity contribution is 5.82. The van der Waals surface area contributed by atoms with E-state index in [9.17, 15) is 13.2 Å². The fourth-order valence-electron chi connectivity index (χ4n) is 1.66. The maximum Gasteiger partial charge on any atom is 0.416 e. The van der Waals surface area contributed by atoms with Gasteiger partial charge in [-0.05, 0) is 18.6 Å². The molecule has 0 aliphatic heterocycles. The van der Waals surface area contributed by atoms with E-state index in [0.717, 1.165) is 12.1 Å². The normalized spacial score (nSPS) is 12.0. The van der Waals surface area contributed by atoms with Gasteiger partial charge >= 0.3 is 6.18 Å². The zero-order chi connectivity index (χ0) is 12.6. The lowest BCUT2D eigenvalue weighted by Gasteiger charge is -2.09. The van der Waals surface area contributed by atoms with Gasteiger partial charge in [-0.1, -0.05) is 13.0 Å². The molecule has 2 aromatic rings. The predicted octanol–water partition coefficient (Wildman–Crippen LogP) is 2.79. The smallest absolute Gasteiger partial charge is 0.368 e. The van der Waals surface area contributed by atoms with Crippen molar-refractivity contribution in [3.8, 4) is 0 Å². The molecular weight excluding hydrogens is 231 g/mol. The van der Waals surface area contributed by atoms with Gasteiger partial charge < -0.3 is 5.73 Å². The van der Waals surface area contributed by atoms with E-state index in [0.29, 0.717) is 17.5 Å². The molecule has 1 heterocycles. The number of benzene rings is 1. The SMILES string of the molecule is CCc1nc(N)nc2cc(C(F)(F)F)ccc12. The van der Waals surface area contributed by atoms with E-state index in [1.807, 2.05) is 6.92 Å². The van der Waals surface area contributed by atoms with Gasteiger partial charge in [0.2, 0.25) is 5.95 Å². The number of fused-ring (bicyclic) bond motifs is 1. The van der Waals surface area contributed by atoms with Crippen molar-refractivity contribution in [2.75, 3.05) is 5.73 Å². The van der Waals surface area contributed by atoms with E-state index in [1.54, 1.807) is 0 Å². The summed E-state index contributed by atoms with van der Waals surface area (Å²) >= 11 is 0. The molecule has 0 saturated heterocycles. The van der Waals surface area contributed by atoms with Crippen molar-refractivity contribution in [2.45, 2.75) is 19.5 Å². The first kappa shape index (κ1) is 11.6. The van der Waals surface area contributed by atoms with E-state index < -0.39 is 11.7 Å². The molecule has 1 aromatic carbocycles. The van der Waals surface area contributed by atoms with Crippen LogP contribution >= 0.6 is 0 Å². The fourth-order valence-corrected chi connectivity index (χ4v) is 1.66. The van der Waals surface area contributed by atoms with Crippen LogP contribution in [0.15, 0.2) is 18.2 Å². The molecule has 0 fully saturated rings. The number of nitrogens with two attached hydrogens (primary N) is 1. The molecule has 0 atom stereocenters. The third kappa shape index (κ3) is 2.15. The molecule has 17 heavy (non-hydrogen) atoms. The fraction of sp³-hybridized carbons (Fsp3) is 0.273. The summed E-state index contributed by atoms with van der Waals surface area (Å²) in [6.07, 6.45) is -3.78. The van der Waals surface area contributed by atoms with Crippen molar-refractivity contribution in [3.63, 3.8) is 0 Å². The minimum absolute atomic E-state index is 0.00586. The number of alkyl halides is 3. The summed E-state index contributed by atoms with van der Waals surface area (Å²) in [5.74, 6) is -0.00586. The molecule has 0 spiro atoms. The lowest BCUT2D eigenvalue weighted by Crippen LogP contribution is -2.06. The number of aromatic nitrogens is 2. The lowest BCUT2D eigenvalue weighted by atomic mass is 10.1. The Morgan fingerprint density at radius 1 is 1.24 bits per heavy atom. The topological polar surface area (TPSA) is 51.8 Å². The molecule has 0 bridgehead atoms. The first-order valence-electron chi connectivity index (χ1n) is 5.05. The summed E-state index contributed by atoms with van der Waals surface area (Å²) in [7, 11) is 0. The Bertz CT molecular complexity index is 564. The van der Waals surface area contributed by atoms with Crippen LogP contribution in [0.5, 0.6) is 0 Å². The number of anilines is 1. The number of rotatable bonds is 1. The molecule has 6 heteroatoms. The van der Waals surface area contributed by atoms with Gasteiger partial charge in [0, 0.05) is 5.39 Å². The van der Waals surface area contributed by atoms with Crippen LogP contribution in [0.2, 0.25) is 0 Å². The standard InChI is InChI=1S/C11H10F3N3/c1-2-8-7-4-3-6(11(12,13)14)5-9(7)17-10(15)16-8/h3-5H,2H2,1H3,(H2,15,16,17). The van der Waals surface area contributed by atoms with E-state index >= 15 is 0 Å². The van der Waals surface area contributed by atoms with E-state index in [4.69, 9.17) is 5.73 Å². The zero-order valence-electron chi connectivity index (χ0n) is 9.04. The van der Waals surface area contributed by atoms with Crippen LogP contribution in [0.25, 0.3) is 10.9 Å². The average molecular weight is 241 g/mol. The van der Waals surface area contributed by atoms with Gasteiger partial charge in [-0.15, -0.1) is 0 Å². The van der Waals surface area contributed by atoms with E-state index in [2.05, 4.69) is 9.97 Å². The van der Waals surface area contributed by atoms with Crippen molar-refractivity contribution >= 4 is 16.9 Å². The first-order chi connectivity index (χ1) is 7.91. The molecule has 3 nitrogen and oxygen atoms in total. The molecule has 90 valence electrons. The summed E-state index contributed by atoms with van der Waals surface area (Å²) in [6.45, 7) is 1.86. The largest absolute Gasteiger partial charge is 0.416 e. The van der Waals surface area contributed by atoms with E-state index in [1.165, 1.54) is 6.07 Å². The maximum absolute atomic E-state index is 12.5. The monoisotopic (exact) mass is 241 g/mol. The van der Waals surface area contributed by atoms with Gasteiger partial charge in [-0.3, -0.25) is 0 Å². The predicted molar refractivity (Wildman–Crippen MR) is 58.3 cm³/mol. The molecule has 0 unspecified atom stereocenters. The second-order valence-corrected chi connectivity index (χ2v) is 3.61. The molecule has 0 saturated carbocycles. The number of hydrogen-bond donors (Lipinski definition) is 1. The lowest BCUT2D eigenvalue weighted by molar-refractivity contribution is -0.137. The first-order valence-corrected chi connectivity index (χ1v) is 5.05. The van der Waals surface area contributed by atoms with Gasteiger partial charge in [-0.2, -0.15) is 13.2 Å². The Hall–Kier alpha value is -1.85. The Morgan fingerprint density at radius 3 is 2.53 bits per heavy atom. The summed E-state index contributed by atoms with van der Waals surface area (Å²) in [4.78, 5) is 7.82. The number of halogens is 3. The molecule has 0 amide bonds. The van der Waals surface area contributed by atoms with Crippen LogP contribution in [0.3, 0.4) is 0 Å². The van der Waals surface area contributed by atoms with Crippen molar-refractivity contribution in [2.24, 2.45) is 0 Å². The maximum atomic E-state index is 12.5. The average Bonchev–Trinajstić information content (AvgIpc) is 2.25. The Kier molecular flexibility index (Phi) is 2.65. The highest BCUT2D eigenvalue weighted by atomic mass is 19.4. The molecule has 0 aliphatic rings. The Balaban J connectivity index is 2.70. The van der Waals surface area contributed by atoms with E-state index in [-0.39, 0.29) is 11.5 Å². The van der Waals surface area contributed by atoms with Gasteiger partial charge in [0.05, 0.1) is 16.8 Å². The number of aryl methyl sites for hydroxylation is 1. The number of nitrogens with zero attached hydrogens (tertiary/aromatic N) is 2. The van der Waals surface area contributed by atoms with Crippen molar-refractivity contribution in [1.29, 1.82) is 0 Å². The van der Waals surface area contributed by atoms with Crippen molar-refractivity contribution in [3.05, 3.63) is 29.5 Å². The third-order valence-corrected chi connectivity index (χ3v) is 2.46. The van der Waals surface area contributed by atoms with Gasteiger partial charge in [0.15, 0.2) is 0 Å². The minimum Gasteiger partial charge on any atom is -0.368 e. The number of nitrogen functional groups attached to an aromatic ring is 1. The molecule has 0 aliphatic carbocycles. The molecule has 2 N–H and O–H groups in total. The number of hydrogen-bond acceptors (Lipinski definition) is 3. The summed E-state index contributed by atoms with van der Waals surface area (Å²) in [5, 5.41) is 0.606. The van der Waals surface area contributed by atoms with Gasteiger partial charge in [0.1, 0.15) is 0 Å².